The summed E-state index contributed by atoms with van der Waals surface area (Å²) in [4.78, 5) is 18.6. The van der Waals surface area contributed by atoms with E-state index in [4.69, 9.17) is 5.73 Å². The normalized spacial score (nSPS) is 9.71. The van der Waals surface area contributed by atoms with Crippen LogP contribution in [0.5, 0.6) is 0 Å². The number of amides is 1. The number of aromatic nitrogens is 2. The molecule has 1 rings (SSSR count). The van der Waals surface area contributed by atoms with Crippen molar-refractivity contribution >= 4 is 17.7 Å². The maximum atomic E-state index is 10.3. The predicted octanol–water partition coefficient (Wildman–Crippen LogP) is 0.806. The first kappa shape index (κ1) is 13.0. The highest BCUT2D eigenvalue weighted by Gasteiger charge is 1.98. The third-order valence-corrected chi connectivity index (χ3v) is 1.84. The fourth-order valence-corrected chi connectivity index (χ4v) is 1.12. The fourth-order valence-electron chi connectivity index (χ4n) is 1.12. The molecule has 7 heteroatoms. The van der Waals surface area contributed by atoms with Crippen LogP contribution in [0.2, 0.25) is 0 Å². The van der Waals surface area contributed by atoms with E-state index in [9.17, 15) is 4.79 Å². The van der Waals surface area contributed by atoms with Gasteiger partial charge in [-0.15, -0.1) is 0 Å². The summed E-state index contributed by atoms with van der Waals surface area (Å²) in [6.07, 6.45) is 3.49. The summed E-state index contributed by atoms with van der Waals surface area (Å²) in [5, 5.41) is 6.09. The molecule has 1 amide bonds. The molecular weight excluding hydrogens is 222 g/mol. The lowest BCUT2D eigenvalue weighted by Gasteiger charge is -2.07. The molecule has 0 atom stereocenters. The molecule has 4 N–H and O–H groups in total. The minimum atomic E-state index is -0.781. The number of carbonyl (C=O) groups excluding carboxylic acids is 1. The fraction of sp³-hybridized carbons (Fsp3) is 0.500. The van der Waals surface area contributed by atoms with E-state index in [0.29, 0.717) is 18.2 Å². The number of rotatable bonds is 7. The van der Waals surface area contributed by atoms with E-state index < -0.39 is 6.09 Å². The van der Waals surface area contributed by atoms with Crippen molar-refractivity contribution < 1.29 is 9.53 Å². The standard InChI is InChI=1S/C10H17N5O2/c1-2-3-13-8-6-12-7-9(15-8)14-4-5-17-10(11)16/h6-7H,2-5H2,1H3,(H2,11,16)(H2,13,14,15). The van der Waals surface area contributed by atoms with Crippen LogP contribution < -0.4 is 16.4 Å². The smallest absolute Gasteiger partial charge is 0.404 e. The van der Waals surface area contributed by atoms with Gasteiger partial charge < -0.3 is 21.1 Å². The van der Waals surface area contributed by atoms with Gasteiger partial charge in [-0.05, 0) is 6.42 Å². The number of ether oxygens (including phenoxy) is 1. The summed E-state index contributed by atoms with van der Waals surface area (Å²) in [7, 11) is 0. The summed E-state index contributed by atoms with van der Waals surface area (Å²) >= 11 is 0. The lowest BCUT2D eigenvalue weighted by atomic mass is 10.5. The van der Waals surface area contributed by atoms with Crippen LogP contribution in [0.1, 0.15) is 13.3 Å². The first-order valence-corrected chi connectivity index (χ1v) is 5.44. The molecule has 1 aromatic rings. The molecule has 0 aromatic carbocycles. The van der Waals surface area contributed by atoms with E-state index in [1.807, 2.05) is 0 Å². The largest absolute Gasteiger partial charge is 0.448 e. The van der Waals surface area contributed by atoms with Gasteiger partial charge in [0.2, 0.25) is 0 Å². The zero-order valence-electron chi connectivity index (χ0n) is 9.77. The minimum absolute atomic E-state index is 0.198. The van der Waals surface area contributed by atoms with Crippen molar-refractivity contribution in [3.8, 4) is 0 Å². The molecule has 0 saturated heterocycles. The Morgan fingerprint density at radius 1 is 1.35 bits per heavy atom. The highest BCUT2D eigenvalue weighted by Crippen LogP contribution is 2.05. The molecule has 1 heterocycles. The van der Waals surface area contributed by atoms with E-state index >= 15 is 0 Å². The Bertz CT molecular complexity index is 358. The topological polar surface area (TPSA) is 102 Å². The third kappa shape index (κ3) is 5.55. The second-order valence-electron chi connectivity index (χ2n) is 3.31. The van der Waals surface area contributed by atoms with Gasteiger partial charge in [-0.2, -0.15) is 0 Å². The van der Waals surface area contributed by atoms with Crippen LogP contribution in [-0.4, -0.2) is 35.8 Å². The van der Waals surface area contributed by atoms with Gasteiger partial charge in [0.25, 0.3) is 0 Å². The monoisotopic (exact) mass is 239 g/mol. The van der Waals surface area contributed by atoms with Gasteiger partial charge in [0.15, 0.2) is 0 Å². The van der Waals surface area contributed by atoms with Crippen molar-refractivity contribution in [1.29, 1.82) is 0 Å². The first-order chi connectivity index (χ1) is 8.22. The van der Waals surface area contributed by atoms with Crippen LogP contribution in [-0.2, 0) is 4.74 Å². The van der Waals surface area contributed by atoms with Crippen LogP contribution in [0, 0.1) is 0 Å². The molecular formula is C10H17N5O2. The third-order valence-electron chi connectivity index (χ3n) is 1.84. The van der Waals surface area contributed by atoms with Crippen molar-refractivity contribution in [3.05, 3.63) is 12.4 Å². The van der Waals surface area contributed by atoms with Crippen LogP contribution in [0.4, 0.5) is 16.4 Å². The SMILES string of the molecule is CCCNc1cncc(NCCOC(N)=O)n1. The first-order valence-electron chi connectivity index (χ1n) is 5.44. The number of nitrogens with one attached hydrogen (secondary N) is 2. The maximum Gasteiger partial charge on any atom is 0.404 e. The number of primary amides is 1. The molecule has 1 aromatic heterocycles. The Morgan fingerprint density at radius 3 is 2.59 bits per heavy atom. The predicted molar refractivity (Wildman–Crippen MR) is 64.8 cm³/mol. The van der Waals surface area contributed by atoms with Crippen molar-refractivity contribution in [2.45, 2.75) is 13.3 Å². The number of carbonyl (C=O) groups is 1. The van der Waals surface area contributed by atoms with E-state index in [0.717, 1.165) is 13.0 Å². The number of nitrogens with two attached hydrogens (primary N) is 1. The second-order valence-corrected chi connectivity index (χ2v) is 3.31. The summed E-state index contributed by atoms with van der Waals surface area (Å²) < 4.78 is 4.57. The van der Waals surface area contributed by atoms with Crippen LogP contribution in [0.3, 0.4) is 0 Å². The molecule has 0 fully saturated rings. The highest BCUT2D eigenvalue weighted by atomic mass is 16.5. The van der Waals surface area contributed by atoms with Crippen molar-refractivity contribution in [2.24, 2.45) is 5.73 Å². The summed E-state index contributed by atoms with van der Waals surface area (Å²) in [6.45, 7) is 3.56. The van der Waals surface area contributed by atoms with Crippen molar-refractivity contribution in [2.75, 3.05) is 30.3 Å². The number of hydrogen-bond donors (Lipinski definition) is 3. The molecule has 0 bridgehead atoms. The molecule has 0 unspecified atom stereocenters. The second kappa shape index (κ2) is 7.26. The Balaban J connectivity index is 2.34. The molecule has 0 saturated carbocycles. The van der Waals surface area contributed by atoms with E-state index in [1.54, 1.807) is 12.4 Å². The zero-order valence-corrected chi connectivity index (χ0v) is 9.77. The molecule has 0 aliphatic heterocycles. The Kier molecular flexibility index (Phi) is 5.56. The van der Waals surface area contributed by atoms with Gasteiger partial charge in [0.05, 0.1) is 18.9 Å². The van der Waals surface area contributed by atoms with Gasteiger partial charge in [-0.3, -0.25) is 4.98 Å². The molecule has 0 radical (unpaired) electrons. The van der Waals surface area contributed by atoms with Gasteiger partial charge in [-0.1, -0.05) is 6.92 Å². The van der Waals surface area contributed by atoms with Crippen LogP contribution in [0.15, 0.2) is 12.4 Å². The molecule has 17 heavy (non-hydrogen) atoms. The molecule has 0 spiro atoms. The number of anilines is 2. The molecule has 94 valence electrons. The van der Waals surface area contributed by atoms with Gasteiger partial charge in [0.1, 0.15) is 18.2 Å². The maximum absolute atomic E-state index is 10.3. The van der Waals surface area contributed by atoms with Gasteiger partial charge in [0, 0.05) is 6.54 Å². The van der Waals surface area contributed by atoms with E-state index in [1.165, 1.54) is 0 Å². The number of hydrogen-bond acceptors (Lipinski definition) is 6. The highest BCUT2D eigenvalue weighted by molar-refractivity contribution is 5.64. The summed E-state index contributed by atoms with van der Waals surface area (Å²) in [5.41, 5.74) is 4.82. The molecule has 7 nitrogen and oxygen atoms in total. The lowest BCUT2D eigenvalue weighted by Crippen LogP contribution is -2.18. The lowest BCUT2D eigenvalue weighted by molar-refractivity contribution is 0.161. The number of nitrogens with zero attached hydrogens (tertiary/aromatic N) is 2. The Hall–Kier alpha value is -2.05. The van der Waals surface area contributed by atoms with E-state index in [2.05, 4.69) is 32.3 Å². The zero-order chi connectivity index (χ0) is 12.5. The quantitative estimate of drug-likeness (QED) is 0.608. The molecule has 0 aliphatic rings. The summed E-state index contributed by atoms with van der Waals surface area (Å²) in [6, 6.07) is 0. The Morgan fingerprint density at radius 2 is 2.00 bits per heavy atom. The van der Waals surface area contributed by atoms with Gasteiger partial charge in [-0.25, -0.2) is 9.78 Å². The van der Waals surface area contributed by atoms with E-state index in [-0.39, 0.29) is 6.61 Å². The van der Waals surface area contributed by atoms with Crippen LogP contribution in [0.25, 0.3) is 0 Å². The van der Waals surface area contributed by atoms with Crippen molar-refractivity contribution in [3.63, 3.8) is 0 Å². The average molecular weight is 239 g/mol. The van der Waals surface area contributed by atoms with Crippen molar-refractivity contribution in [1.82, 2.24) is 9.97 Å². The van der Waals surface area contributed by atoms with Gasteiger partial charge >= 0.3 is 6.09 Å². The minimum Gasteiger partial charge on any atom is -0.448 e. The average Bonchev–Trinajstić information content (AvgIpc) is 2.32. The van der Waals surface area contributed by atoms with Crippen LogP contribution >= 0.6 is 0 Å². The summed E-state index contributed by atoms with van der Waals surface area (Å²) in [5.74, 6) is 1.34. The Labute approximate surface area is 99.8 Å². The molecule has 0 aliphatic carbocycles.